The van der Waals surface area contributed by atoms with Crippen LogP contribution in [0.3, 0.4) is 0 Å². The van der Waals surface area contributed by atoms with Gasteiger partial charge in [0.2, 0.25) is 0 Å². The van der Waals surface area contributed by atoms with Crippen LogP contribution in [0.25, 0.3) is 0 Å². The van der Waals surface area contributed by atoms with Gasteiger partial charge in [-0.15, -0.1) is 0 Å². The Labute approximate surface area is 116 Å². The summed E-state index contributed by atoms with van der Waals surface area (Å²) < 4.78 is 12.0. The van der Waals surface area contributed by atoms with Crippen LogP contribution in [0, 0.1) is 0 Å². The number of halogens is 1. The summed E-state index contributed by atoms with van der Waals surface area (Å²) in [6, 6.07) is 3.86. The van der Waals surface area contributed by atoms with Crippen LogP contribution in [0.5, 0.6) is 11.5 Å². The van der Waals surface area contributed by atoms with Crippen molar-refractivity contribution in [1.82, 2.24) is 0 Å². The zero-order valence-electron chi connectivity index (χ0n) is 11.0. The summed E-state index contributed by atoms with van der Waals surface area (Å²) in [4.78, 5) is 0. The third kappa shape index (κ3) is 3.18. The van der Waals surface area contributed by atoms with Gasteiger partial charge < -0.3 is 14.6 Å². The van der Waals surface area contributed by atoms with Gasteiger partial charge in [0.05, 0.1) is 18.8 Å². The molecule has 100 valence electrons. The number of benzene rings is 1. The molecule has 0 radical (unpaired) electrons. The average molecular weight is 315 g/mol. The van der Waals surface area contributed by atoms with E-state index in [0.29, 0.717) is 12.2 Å². The van der Waals surface area contributed by atoms with Crippen molar-refractivity contribution in [2.45, 2.75) is 44.8 Å². The zero-order valence-corrected chi connectivity index (χ0v) is 12.6. The van der Waals surface area contributed by atoms with Gasteiger partial charge in [0.15, 0.2) is 11.5 Å². The van der Waals surface area contributed by atoms with Crippen LogP contribution < -0.4 is 9.47 Å². The third-order valence-electron chi connectivity index (χ3n) is 3.04. The highest BCUT2D eigenvalue weighted by Gasteiger charge is 2.40. The third-order valence-corrected chi connectivity index (χ3v) is 3.78. The van der Waals surface area contributed by atoms with Gasteiger partial charge in [-0.1, -0.05) is 15.9 Å². The monoisotopic (exact) mass is 314 g/mol. The van der Waals surface area contributed by atoms with E-state index >= 15 is 0 Å². The molecule has 0 aromatic heterocycles. The molecule has 1 aliphatic carbocycles. The Kier molecular flexibility index (Phi) is 3.87. The first-order valence-corrected chi connectivity index (χ1v) is 6.98. The molecule has 1 aromatic carbocycles. The summed E-state index contributed by atoms with van der Waals surface area (Å²) in [5.41, 5.74) is 0.554. The minimum absolute atomic E-state index is 0.0944. The molecule has 1 aromatic rings. The molecule has 3 nitrogen and oxygen atoms in total. The van der Waals surface area contributed by atoms with E-state index in [9.17, 15) is 5.11 Å². The second kappa shape index (κ2) is 5.10. The lowest BCUT2D eigenvalue weighted by molar-refractivity contribution is 0.150. The Morgan fingerprint density at radius 1 is 1.33 bits per heavy atom. The summed E-state index contributed by atoms with van der Waals surface area (Å²) in [7, 11) is 1.63. The lowest BCUT2D eigenvalue weighted by Gasteiger charge is -2.17. The van der Waals surface area contributed by atoms with Crippen molar-refractivity contribution in [1.29, 1.82) is 0 Å². The zero-order chi connectivity index (χ0) is 13.3. The quantitative estimate of drug-likeness (QED) is 0.906. The van der Waals surface area contributed by atoms with Gasteiger partial charge in [-0.2, -0.15) is 0 Å². The summed E-state index contributed by atoms with van der Waals surface area (Å²) in [6.45, 7) is 3.96. The Hall–Kier alpha value is -0.740. The predicted molar refractivity (Wildman–Crippen MR) is 74.3 cm³/mol. The molecule has 1 fully saturated rings. The van der Waals surface area contributed by atoms with Gasteiger partial charge >= 0.3 is 0 Å². The predicted octanol–water partition coefficient (Wildman–Crippen LogP) is 3.31. The summed E-state index contributed by atoms with van der Waals surface area (Å²) in [5, 5.41) is 10.0. The second-order valence-corrected chi connectivity index (χ2v) is 6.02. The molecule has 0 unspecified atom stereocenters. The second-order valence-electron chi connectivity index (χ2n) is 5.16. The molecule has 1 saturated carbocycles. The van der Waals surface area contributed by atoms with Gasteiger partial charge in [0.25, 0.3) is 0 Å². The summed E-state index contributed by atoms with van der Waals surface area (Å²) in [6.07, 6.45) is 2.51. The van der Waals surface area contributed by atoms with E-state index < -0.39 is 5.60 Å². The minimum Gasteiger partial charge on any atom is -0.493 e. The lowest BCUT2D eigenvalue weighted by Crippen LogP contribution is -2.12. The van der Waals surface area contributed by atoms with E-state index in [0.717, 1.165) is 28.6 Å². The minimum atomic E-state index is -0.508. The SMILES string of the molecule is COc1cc(Br)c(CC2(O)CC2)cc1OC(C)C. The molecule has 1 aliphatic rings. The van der Waals surface area contributed by atoms with Crippen molar-refractivity contribution in [3.63, 3.8) is 0 Å². The van der Waals surface area contributed by atoms with E-state index in [1.807, 2.05) is 26.0 Å². The van der Waals surface area contributed by atoms with Crippen LogP contribution in [0.1, 0.15) is 32.3 Å². The van der Waals surface area contributed by atoms with Gasteiger partial charge in [0.1, 0.15) is 0 Å². The van der Waals surface area contributed by atoms with Crippen LogP contribution in [0.2, 0.25) is 0 Å². The van der Waals surface area contributed by atoms with Gasteiger partial charge in [-0.05, 0) is 44.4 Å². The topological polar surface area (TPSA) is 38.7 Å². The van der Waals surface area contributed by atoms with Gasteiger partial charge in [0, 0.05) is 10.9 Å². The van der Waals surface area contributed by atoms with Crippen molar-refractivity contribution in [2.75, 3.05) is 7.11 Å². The van der Waals surface area contributed by atoms with Crippen LogP contribution >= 0.6 is 15.9 Å². The fourth-order valence-corrected chi connectivity index (χ4v) is 2.36. The number of methoxy groups -OCH3 is 1. The highest BCUT2D eigenvalue weighted by molar-refractivity contribution is 9.10. The highest BCUT2D eigenvalue weighted by atomic mass is 79.9. The molecular weight excluding hydrogens is 296 g/mol. The van der Waals surface area contributed by atoms with E-state index in [4.69, 9.17) is 9.47 Å². The molecule has 0 amide bonds. The van der Waals surface area contributed by atoms with Crippen LogP contribution in [0.15, 0.2) is 16.6 Å². The summed E-state index contributed by atoms with van der Waals surface area (Å²) >= 11 is 3.52. The van der Waals surface area contributed by atoms with E-state index in [1.165, 1.54) is 0 Å². The largest absolute Gasteiger partial charge is 0.493 e. The molecule has 0 bridgehead atoms. The maximum Gasteiger partial charge on any atom is 0.161 e. The average Bonchev–Trinajstić information content (AvgIpc) is 3.00. The number of ether oxygens (including phenoxy) is 2. The molecule has 0 spiro atoms. The van der Waals surface area contributed by atoms with Crippen LogP contribution in [-0.4, -0.2) is 23.9 Å². The number of hydrogen-bond donors (Lipinski definition) is 1. The smallest absolute Gasteiger partial charge is 0.161 e. The molecule has 0 aliphatic heterocycles. The standard InChI is InChI=1S/C14H19BrO3/c1-9(2)18-13-6-10(8-14(16)4-5-14)11(15)7-12(13)17-3/h6-7,9,16H,4-5,8H2,1-3H3. The Morgan fingerprint density at radius 3 is 2.50 bits per heavy atom. The normalized spacial score (nSPS) is 16.8. The first-order valence-electron chi connectivity index (χ1n) is 6.19. The first kappa shape index (κ1) is 13.7. The summed E-state index contributed by atoms with van der Waals surface area (Å²) in [5.74, 6) is 1.44. The fourth-order valence-electron chi connectivity index (χ4n) is 1.89. The Balaban J connectivity index is 2.29. The van der Waals surface area contributed by atoms with Crippen molar-refractivity contribution >= 4 is 15.9 Å². The van der Waals surface area contributed by atoms with Crippen molar-refractivity contribution in [2.24, 2.45) is 0 Å². The molecule has 2 rings (SSSR count). The fraction of sp³-hybridized carbons (Fsp3) is 0.571. The Morgan fingerprint density at radius 2 is 2.00 bits per heavy atom. The van der Waals surface area contributed by atoms with E-state index in [2.05, 4.69) is 15.9 Å². The first-order chi connectivity index (χ1) is 8.43. The number of aliphatic hydroxyl groups is 1. The Bertz CT molecular complexity index is 439. The molecule has 0 atom stereocenters. The van der Waals surface area contributed by atoms with Crippen LogP contribution in [-0.2, 0) is 6.42 Å². The van der Waals surface area contributed by atoms with Crippen molar-refractivity contribution < 1.29 is 14.6 Å². The number of rotatable bonds is 5. The molecule has 0 heterocycles. The van der Waals surface area contributed by atoms with Crippen molar-refractivity contribution in [3.8, 4) is 11.5 Å². The lowest BCUT2D eigenvalue weighted by atomic mass is 10.1. The van der Waals surface area contributed by atoms with Gasteiger partial charge in [-0.25, -0.2) is 0 Å². The van der Waals surface area contributed by atoms with E-state index in [-0.39, 0.29) is 6.10 Å². The number of hydrogen-bond acceptors (Lipinski definition) is 3. The molecule has 0 saturated heterocycles. The maximum absolute atomic E-state index is 10.0. The molecule has 18 heavy (non-hydrogen) atoms. The van der Waals surface area contributed by atoms with Crippen molar-refractivity contribution in [3.05, 3.63) is 22.2 Å². The molecule has 4 heteroatoms. The van der Waals surface area contributed by atoms with Crippen LogP contribution in [0.4, 0.5) is 0 Å². The van der Waals surface area contributed by atoms with Gasteiger partial charge in [-0.3, -0.25) is 0 Å². The maximum atomic E-state index is 10.0. The molecular formula is C14H19BrO3. The van der Waals surface area contributed by atoms with E-state index in [1.54, 1.807) is 7.11 Å². The highest BCUT2D eigenvalue weighted by Crippen LogP contribution is 2.42. The molecule has 1 N–H and O–H groups in total.